The maximum absolute atomic E-state index is 9.91. The number of hydrogen-bond acceptors (Lipinski definition) is 5. The van der Waals surface area contributed by atoms with Crippen molar-refractivity contribution in [2.75, 3.05) is 11.9 Å². The van der Waals surface area contributed by atoms with Crippen molar-refractivity contribution in [3.8, 4) is 0 Å². The molecular weight excluding hydrogens is 263 g/mol. The van der Waals surface area contributed by atoms with E-state index in [2.05, 4.69) is 20.3 Å². The summed E-state index contributed by atoms with van der Waals surface area (Å²) in [6, 6.07) is 0. The van der Waals surface area contributed by atoms with Crippen molar-refractivity contribution in [3.63, 3.8) is 0 Å². The minimum atomic E-state index is -0.445. The topological polar surface area (TPSA) is 70.9 Å². The zero-order valence-corrected chi connectivity index (χ0v) is 11.3. The van der Waals surface area contributed by atoms with Gasteiger partial charge in [0.05, 0.1) is 6.10 Å². The van der Waals surface area contributed by atoms with Crippen LogP contribution in [0.3, 0.4) is 0 Å². The highest BCUT2D eigenvalue weighted by Gasteiger charge is 2.15. The van der Waals surface area contributed by atoms with Crippen LogP contribution in [0.2, 0.25) is 10.6 Å². The lowest BCUT2D eigenvalue weighted by Crippen LogP contribution is -2.28. The fourth-order valence-corrected chi connectivity index (χ4v) is 1.96. The van der Waals surface area contributed by atoms with E-state index in [0.29, 0.717) is 6.54 Å². The van der Waals surface area contributed by atoms with Gasteiger partial charge in [-0.2, -0.15) is 15.0 Å². The first-order valence-corrected chi connectivity index (χ1v) is 6.31. The normalized spacial score (nSPS) is 12.8. The van der Waals surface area contributed by atoms with E-state index >= 15 is 0 Å². The Morgan fingerprint density at radius 3 is 2.12 bits per heavy atom. The third kappa shape index (κ3) is 4.61. The molecule has 1 rings (SSSR count). The zero-order chi connectivity index (χ0) is 12.8. The molecule has 0 aliphatic heterocycles. The Kier molecular flexibility index (Phi) is 5.88. The summed E-state index contributed by atoms with van der Waals surface area (Å²) in [5.74, 6) is 0.537. The Labute approximate surface area is 111 Å². The average Bonchev–Trinajstić information content (AvgIpc) is 2.27. The summed E-state index contributed by atoms with van der Waals surface area (Å²) in [5.41, 5.74) is 0. The van der Waals surface area contributed by atoms with Gasteiger partial charge in [-0.15, -0.1) is 0 Å². The minimum absolute atomic E-state index is 0.0320. The molecule has 5 nitrogen and oxygen atoms in total. The highest BCUT2D eigenvalue weighted by Crippen LogP contribution is 2.14. The highest BCUT2D eigenvalue weighted by atomic mass is 35.5. The monoisotopic (exact) mass is 278 g/mol. The lowest BCUT2D eigenvalue weighted by atomic mass is 9.97. The number of aliphatic hydroxyl groups is 1. The van der Waals surface area contributed by atoms with Crippen LogP contribution < -0.4 is 5.32 Å². The fraction of sp³-hybridized carbons (Fsp3) is 0.700. The predicted molar refractivity (Wildman–Crippen MR) is 68.4 cm³/mol. The van der Waals surface area contributed by atoms with Gasteiger partial charge in [-0.25, -0.2) is 0 Å². The summed E-state index contributed by atoms with van der Waals surface area (Å²) in [6.07, 6.45) is 1.41. The van der Waals surface area contributed by atoms with Crippen LogP contribution in [0, 0.1) is 5.92 Å². The molecule has 1 aromatic rings. The Hall–Kier alpha value is -0.650. The highest BCUT2D eigenvalue weighted by molar-refractivity contribution is 6.31. The molecule has 0 fully saturated rings. The quantitative estimate of drug-likeness (QED) is 0.836. The van der Waals surface area contributed by atoms with E-state index in [1.807, 2.05) is 13.8 Å². The van der Waals surface area contributed by atoms with Gasteiger partial charge in [0.1, 0.15) is 0 Å². The van der Waals surface area contributed by atoms with Crippen molar-refractivity contribution in [1.82, 2.24) is 15.0 Å². The van der Waals surface area contributed by atoms with Gasteiger partial charge in [0.25, 0.3) is 0 Å². The van der Waals surface area contributed by atoms with Crippen LogP contribution in [0.25, 0.3) is 0 Å². The van der Waals surface area contributed by atoms with Crippen molar-refractivity contribution >= 4 is 29.2 Å². The molecule has 17 heavy (non-hydrogen) atoms. The van der Waals surface area contributed by atoms with Crippen LogP contribution in [0.5, 0.6) is 0 Å². The molecule has 96 valence electrons. The van der Waals surface area contributed by atoms with Gasteiger partial charge in [-0.05, 0) is 29.1 Å². The second-order valence-electron chi connectivity index (χ2n) is 3.72. The molecule has 1 unspecified atom stereocenters. The Balaban J connectivity index is 2.55. The first kappa shape index (κ1) is 14.4. The van der Waals surface area contributed by atoms with E-state index in [-0.39, 0.29) is 22.4 Å². The van der Waals surface area contributed by atoms with Gasteiger partial charge in [0, 0.05) is 6.54 Å². The summed E-state index contributed by atoms with van der Waals surface area (Å²) in [6.45, 7) is 4.46. The maximum atomic E-state index is 9.91. The number of nitrogens with one attached hydrogen (secondary N) is 1. The molecule has 0 aliphatic carbocycles. The van der Waals surface area contributed by atoms with E-state index < -0.39 is 6.10 Å². The lowest BCUT2D eigenvalue weighted by Gasteiger charge is -2.20. The van der Waals surface area contributed by atoms with Crippen LogP contribution in [0.1, 0.15) is 26.7 Å². The Morgan fingerprint density at radius 2 is 1.65 bits per heavy atom. The van der Waals surface area contributed by atoms with Crippen molar-refractivity contribution < 1.29 is 5.11 Å². The first-order chi connectivity index (χ1) is 8.06. The number of anilines is 1. The van der Waals surface area contributed by atoms with Gasteiger partial charge in [0.2, 0.25) is 16.5 Å². The molecule has 0 radical (unpaired) electrons. The predicted octanol–water partition coefficient (Wildman–Crippen LogP) is 2.39. The van der Waals surface area contributed by atoms with Gasteiger partial charge in [-0.3, -0.25) is 0 Å². The molecule has 0 spiro atoms. The molecule has 0 amide bonds. The molecule has 0 saturated heterocycles. The SMILES string of the molecule is CCC(CC)C(O)CNc1nc(Cl)nc(Cl)n1. The molecule has 1 aromatic heterocycles. The number of aromatic nitrogens is 3. The molecule has 7 heteroatoms. The number of aliphatic hydroxyl groups excluding tert-OH is 1. The largest absolute Gasteiger partial charge is 0.391 e. The smallest absolute Gasteiger partial charge is 0.228 e. The van der Waals surface area contributed by atoms with E-state index in [9.17, 15) is 5.11 Å². The number of hydrogen-bond donors (Lipinski definition) is 2. The molecule has 0 saturated carbocycles. The van der Waals surface area contributed by atoms with Gasteiger partial charge < -0.3 is 10.4 Å². The third-order valence-corrected chi connectivity index (χ3v) is 2.98. The number of halogens is 2. The van der Waals surface area contributed by atoms with E-state index in [4.69, 9.17) is 23.2 Å². The van der Waals surface area contributed by atoms with Crippen molar-refractivity contribution in [1.29, 1.82) is 0 Å². The van der Waals surface area contributed by atoms with Gasteiger partial charge in [-0.1, -0.05) is 26.7 Å². The molecule has 1 heterocycles. The fourth-order valence-electron chi connectivity index (χ4n) is 1.60. The van der Waals surface area contributed by atoms with Crippen molar-refractivity contribution in [2.45, 2.75) is 32.8 Å². The summed E-state index contributed by atoms with van der Waals surface area (Å²) in [5, 5.41) is 12.9. The third-order valence-electron chi connectivity index (χ3n) is 2.64. The molecule has 0 bridgehead atoms. The Morgan fingerprint density at radius 1 is 1.12 bits per heavy atom. The van der Waals surface area contributed by atoms with Gasteiger partial charge in [0.15, 0.2) is 0 Å². The number of nitrogens with zero attached hydrogens (tertiary/aromatic N) is 3. The summed E-state index contributed by atoms with van der Waals surface area (Å²) in [7, 11) is 0. The molecule has 2 N–H and O–H groups in total. The van der Waals surface area contributed by atoms with E-state index in [1.54, 1.807) is 0 Å². The zero-order valence-electron chi connectivity index (χ0n) is 9.82. The summed E-state index contributed by atoms with van der Waals surface area (Å²) >= 11 is 11.3. The molecule has 0 aromatic carbocycles. The second-order valence-corrected chi connectivity index (χ2v) is 4.40. The van der Waals surface area contributed by atoms with Crippen LogP contribution in [-0.4, -0.2) is 32.7 Å². The maximum Gasteiger partial charge on any atom is 0.228 e. The average molecular weight is 279 g/mol. The first-order valence-electron chi connectivity index (χ1n) is 5.55. The lowest BCUT2D eigenvalue weighted by molar-refractivity contribution is 0.114. The summed E-state index contributed by atoms with van der Waals surface area (Å²) in [4.78, 5) is 11.3. The van der Waals surface area contributed by atoms with Crippen molar-refractivity contribution in [3.05, 3.63) is 10.6 Å². The molecule has 1 atom stereocenters. The van der Waals surface area contributed by atoms with Crippen molar-refractivity contribution in [2.24, 2.45) is 5.92 Å². The molecular formula is C10H16Cl2N4O. The van der Waals surface area contributed by atoms with Crippen LogP contribution in [0.15, 0.2) is 0 Å². The minimum Gasteiger partial charge on any atom is -0.391 e. The van der Waals surface area contributed by atoms with Crippen LogP contribution in [-0.2, 0) is 0 Å². The standard InChI is InChI=1S/C10H16Cl2N4O/c1-3-6(4-2)7(17)5-13-10-15-8(11)14-9(12)16-10/h6-7,17H,3-5H2,1-2H3,(H,13,14,15,16). The van der Waals surface area contributed by atoms with Gasteiger partial charge >= 0.3 is 0 Å². The van der Waals surface area contributed by atoms with Crippen LogP contribution in [0.4, 0.5) is 5.95 Å². The Bertz CT molecular complexity index is 340. The summed E-state index contributed by atoms with van der Waals surface area (Å²) < 4.78 is 0. The number of rotatable bonds is 6. The van der Waals surface area contributed by atoms with Crippen LogP contribution >= 0.6 is 23.2 Å². The molecule has 0 aliphatic rings. The van der Waals surface area contributed by atoms with E-state index in [1.165, 1.54) is 0 Å². The van der Waals surface area contributed by atoms with E-state index in [0.717, 1.165) is 12.8 Å². The second kappa shape index (κ2) is 6.93.